The van der Waals surface area contributed by atoms with Crippen molar-refractivity contribution in [3.05, 3.63) is 28.7 Å². The van der Waals surface area contributed by atoms with E-state index in [1.165, 1.54) is 11.8 Å². The van der Waals surface area contributed by atoms with Crippen molar-refractivity contribution in [3.8, 4) is 0 Å². The third-order valence-corrected chi connectivity index (χ3v) is 4.92. The molecule has 8 heteroatoms. The Morgan fingerprint density at radius 1 is 1.35 bits per heavy atom. The van der Waals surface area contributed by atoms with Crippen LogP contribution >= 0.6 is 11.8 Å². The standard InChI is InChI=1S/C15H18N6OS/c1-8-9(7-20(2)18-8)13-12-10(5-4-6-11(12)22)16-14-17-15(23-3)19-21(13)14/h7,13H,4-6H2,1-3H3,(H,16,17,19)/t13-/m1/s1. The van der Waals surface area contributed by atoms with Gasteiger partial charge in [0.1, 0.15) is 6.04 Å². The molecule has 2 aliphatic rings. The smallest absolute Gasteiger partial charge is 0.227 e. The van der Waals surface area contributed by atoms with Gasteiger partial charge in [0.2, 0.25) is 11.1 Å². The predicted octanol–water partition coefficient (Wildman–Crippen LogP) is 2.06. The van der Waals surface area contributed by atoms with Crippen LogP contribution in [0.15, 0.2) is 22.6 Å². The normalized spacial score (nSPS) is 20.3. The summed E-state index contributed by atoms with van der Waals surface area (Å²) in [5, 5.41) is 13.0. The lowest BCUT2D eigenvalue weighted by atomic mass is 9.86. The maximum atomic E-state index is 12.6. The molecule has 0 aromatic carbocycles. The molecule has 0 saturated carbocycles. The van der Waals surface area contributed by atoms with Crippen molar-refractivity contribution < 1.29 is 4.79 Å². The molecule has 0 fully saturated rings. The molecule has 0 bridgehead atoms. The van der Waals surface area contributed by atoms with E-state index in [1.807, 2.05) is 31.1 Å². The van der Waals surface area contributed by atoms with Crippen molar-refractivity contribution in [2.45, 2.75) is 37.4 Å². The van der Waals surface area contributed by atoms with Crippen LogP contribution in [0.1, 0.15) is 36.6 Å². The lowest BCUT2D eigenvalue weighted by molar-refractivity contribution is -0.116. The number of nitrogens with zero attached hydrogens (tertiary/aromatic N) is 5. The Hall–Kier alpha value is -2.09. The molecular formula is C15H18N6OS. The third kappa shape index (κ3) is 2.20. The number of rotatable bonds is 2. The summed E-state index contributed by atoms with van der Waals surface area (Å²) in [7, 11) is 1.89. The Balaban J connectivity index is 1.94. The first-order valence-corrected chi connectivity index (χ1v) is 8.85. The van der Waals surface area contributed by atoms with E-state index in [1.54, 1.807) is 4.68 Å². The molecule has 2 aromatic rings. The fourth-order valence-corrected chi connectivity index (χ4v) is 3.74. The van der Waals surface area contributed by atoms with Gasteiger partial charge in [0.25, 0.3) is 0 Å². The van der Waals surface area contributed by atoms with Crippen molar-refractivity contribution in [1.82, 2.24) is 24.5 Å². The van der Waals surface area contributed by atoms with Crippen LogP contribution in [-0.4, -0.2) is 36.6 Å². The van der Waals surface area contributed by atoms with Crippen molar-refractivity contribution in [2.24, 2.45) is 7.05 Å². The number of anilines is 1. The minimum atomic E-state index is -0.240. The number of hydrogen-bond donors (Lipinski definition) is 1. The van der Waals surface area contributed by atoms with E-state index >= 15 is 0 Å². The summed E-state index contributed by atoms with van der Waals surface area (Å²) in [6, 6.07) is -0.240. The zero-order valence-electron chi connectivity index (χ0n) is 13.3. The Morgan fingerprint density at radius 2 is 2.17 bits per heavy atom. The Kier molecular flexibility index (Phi) is 3.29. The van der Waals surface area contributed by atoms with Crippen molar-refractivity contribution in [2.75, 3.05) is 11.6 Å². The minimum absolute atomic E-state index is 0.193. The lowest BCUT2D eigenvalue weighted by Crippen LogP contribution is -2.31. The second kappa shape index (κ2) is 5.23. The highest BCUT2D eigenvalue weighted by Crippen LogP contribution is 2.41. The van der Waals surface area contributed by atoms with Gasteiger partial charge in [0, 0.05) is 36.5 Å². The fraction of sp³-hybridized carbons (Fsp3) is 0.467. The van der Waals surface area contributed by atoms with Crippen molar-refractivity contribution in [1.29, 1.82) is 0 Å². The Bertz CT molecular complexity index is 833. The topological polar surface area (TPSA) is 77.6 Å². The number of hydrogen-bond acceptors (Lipinski definition) is 6. The summed E-state index contributed by atoms with van der Waals surface area (Å²) in [6.45, 7) is 1.97. The van der Waals surface area contributed by atoms with Crippen LogP contribution in [0.5, 0.6) is 0 Å². The van der Waals surface area contributed by atoms with Crippen LogP contribution in [0.2, 0.25) is 0 Å². The lowest BCUT2D eigenvalue weighted by Gasteiger charge is -2.31. The van der Waals surface area contributed by atoms with E-state index in [0.717, 1.165) is 35.4 Å². The minimum Gasteiger partial charge on any atom is -0.328 e. The summed E-state index contributed by atoms with van der Waals surface area (Å²) >= 11 is 1.50. The molecule has 4 rings (SSSR count). The largest absolute Gasteiger partial charge is 0.328 e. The summed E-state index contributed by atoms with van der Waals surface area (Å²) in [6.07, 6.45) is 6.27. The van der Waals surface area contributed by atoms with Gasteiger partial charge in [-0.2, -0.15) is 10.1 Å². The monoisotopic (exact) mass is 330 g/mol. The van der Waals surface area contributed by atoms with E-state index in [9.17, 15) is 4.79 Å². The van der Waals surface area contributed by atoms with Crippen LogP contribution < -0.4 is 5.32 Å². The average molecular weight is 330 g/mol. The van der Waals surface area contributed by atoms with E-state index in [4.69, 9.17) is 0 Å². The molecule has 1 N–H and O–H groups in total. The van der Waals surface area contributed by atoms with Gasteiger partial charge < -0.3 is 5.32 Å². The number of carbonyl (C=O) groups is 1. The van der Waals surface area contributed by atoms with Gasteiger partial charge in [0.15, 0.2) is 5.78 Å². The highest BCUT2D eigenvalue weighted by molar-refractivity contribution is 7.98. The molecule has 23 heavy (non-hydrogen) atoms. The maximum absolute atomic E-state index is 12.6. The number of thioether (sulfide) groups is 1. The summed E-state index contributed by atoms with van der Waals surface area (Å²) in [4.78, 5) is 17.2. The van der Waals surface area contributed by atoms with Crippen LogP contribution in [-0.2, 0) is 11.8 Å². The molecule has 3 heterocycles. The molecule has 0 radical (unpaired) electrons. The zero-order valence-corrected chi connectivity index (χ0v) is 14.1. The van der Waals surface area contributed by atoms with Crippen LogP contribution in [0, 0.1) is 6.92 Å². The molecule has 120 valence electrons. The van der Waals surface area contributed by atoms with Gasteiger partial charge in [-0.25, -0.2) is 4.68 Å². The number of Topliss-reactive ketones (excluding diaryl/α,β-unsaturated/α-hetero) is 1. The number of aryl methyl sites for hydroxylation is 2. The predicted molar refractivity (Wildman–Crippen MR) is 87.4 cm³/mol. The maximum Gasteiger partial charge on any atom is 0.227 e. The first kappa shape index (κ1) is 14.5. The molecular weight excluding hydrogens is 312 g/mol. The molecule has 1 aliphatic heterocycles. The number of allylic oxidation sites excluding steroid dienone is 2. The Labute approximate surface area is 138 Å². The molecule has 0 saturated heterocycles. The van der Waals surface area contributed by atoms with E-state index in [2.05, 4.69) is 20.5 Å². The third-order valence-electron chi connectivity index (χ3n) is 4.38. The van der Waals surface area contributed by atoms with E-state index in [-0.39, 0.29) is 11.8 Å². The van der Waals surface area contributed by atoms with Gasteiger partial charge in [-0.15, -0.1) is 5.10 Å². The molecule has 7 nitrogen and oxygen atoms in total. The van der Waals surface area contributed by atoms with Gasteiger partial charge in [-0.05, 0) is 26.0 Å². The zero-order chi connectivity index (χ0) is 16.1. The SMILES string of the molecule is CSc1nc2n(n1)[C@H](c1cn(C)nc1C)C1=C(CCCC1=O)N2. The van der Waals surface area contributed by atoms with Crippen molar-refractivity contribution in [3.63, 3.8) is 0 Å². The average Bonchev–Trinajstić information content (AvgIpc) is 3.07. The fourth-order valence-electron chi connectivity index (χ4n) is 3.40. The second-order valence-electron chi connectivity index (χ2n) is 5.91. The van der Waals surface area contributed by atoms with Gasteiger partial charge >= 0.3 is 0 Å². The number of aromatic nitrogens is 5. The summed E-state index contributed by atoms with van der Waals surface area (Å²) in [5.41, 5.74) is 3.73. The second-order valence-corrected chi connectivity index (χ2v) is 6.68. The summed E-state index contributed by atoms with van der Waals surface area (Å²) in [5.74, 6) is 0.898. The van der Waals surface area contributed by atoms with E-state index in [0.29, 0.717) is 17.5 Å². The molecule has 1 atom stereocenters. The Morgan fingerprint density at radius 3 is 2.87 bits per heavy atom. The van der Waals surface area contributed by atoms with Gasteiger partial charge in [-0.1, -0.05) is 11.8 Å². The van der Waals surface area contributed by atoms with Crippen molar-refractivity contribution >= 4 is 23.5 Å². The van der Waals surface area contributed by atoms with Crippen LogP contribution in [0.25, 0.3) is 0 Å². The quantitative estimate of drug-likeness (QED) is 0.849. The van der Waals surface area contributed by atoms with Crippen LogP contribution in [0.4, 0.5) is 5.95 Å². The van der Waals surface area contributed by atoms with Gasteiger partial charge in [0.05, 0.1) is 5.69 Å². The molecule has 2 aromatic heterocycles. The van der Waals surface area contributed by atoms with Crippen LogP contribution in [0.3, 0.4) is 0 Å². The highest BCUT2D eigenvalue weighted by atomic mass is 32.2. The first-order chi connectivity index (χ1) is 11.1. The van der Waals surface area contributed by atoms with Gasteiger partial charge in [-0.3, -0.25) is 9.48 Å². The molecule has 1 aliphatic carbocycles. The molecule has 0 spiro atoms. The highest BCUT2D eigenvalue weighted by Gasteiger charge is 2.38. The number of ketones is 1. The molecule has 0 amide bonds. The number of fused-ring (bicyclic) bond motifs is 1. The number of nitrogens with one attached hydrogen (secondary N) is 1. The van der Waals surface area contributed by atoms with E-state index < -0.39 is 0 Å². The molecule has 0 unspecified atom stereocenters. The first-order valence-electron chi connectivity index (χ1n) is 7.62. The number of carbonyl (C=O) groups excluding carboxylic acids is 1. The summed E-state index contributed by atoms with van der Waals surface area (Å²) < 4.78 is 3.62.